The molecule has 0 amide bonds. The predicted molar refractivity (Wildman–Crippen MR) is 78.9 cm³/mol. The summed E-state index contributed by atoms with van der Waals surface area (Å²) in [6.07, 6.45) is 0. The molecule has 1 N–H and O–H groups in total. The van der Waals surface area contributed by atoms with Crippen molar-refractivity contribution < 1.29 is 4.39 Å². The molecule has 0 aliphatic carbocycles. The summed E-state index contributed by atoms with van der Waals surface area (Å²) in [5, 5.41) is 7.05. The van der Waals surface area contributed by atoms with Crippen molar-refractivity contribution >= 4 is 12.2 Å². The van der Waals surface area contributed by atoms with Gasteiger partial charge in [-0.15, -0.1) is 0 Å². The second-order valence-electron chi connectivity index (χ2n) is 4.53. The van der Waals surface area contributed by atoms with E-state index in [2.05, 4.69) is 10.2 Å². The zero-order valence-corrected chi connectivity index (χ0v) is 11.6. The fourth-order valence-electron chi connectivity index (χ4n) is 2.02. The summed E-state index contributed by atoms with van der Waals surface area (Å²) in [7, 11) is 0. The smallest absolute Gasteiger partial charge is 0.200 e. The van der Waals surface area contributed by atoms with E-state index < -0.39 is 0 Å². The van der Waals surface area contributed by atoms with Crippen LogP contribution in [0, 0.1) is 17.5 Å². The van der Waals surface area contributed by atoms with E-state index >= 15 is 0 Å². The lowest BCUT2D eigenvalue weighted by Gasteiger charge is -2.07. The molecule has 0 unspecified atom stereocenters. The lowest BCUT2D eigenvalue weighted by atomic mass is 10.1. The summed E-state index contributed by atoms with van der Waals surface area (Å²) in [6, 6.07) is 14.2. The molecule has 20 heavy (non-hydrogen) atoms. The van der Waals surface area contributed by atoms with Gasteiger partial charge in [-0.05, 0) is 43.4 Å². The number of aromatic amines is 1. The van der Waals surface area contributed by atoms with Crippen LogP contribution in [0.4, 0.5) is 4.39 Å². The van der Waals surface area contributed by atoms with E-state index in [1.807, 2.05) is 31.2 Å². The largest absolute Gasteiger partial charge is 0.268 e. The normalized spacial score (nSPS) is 10.7. The first kappa shape index (κ1) is 12.7. The maximum atomic E-state index is 13.0. The van der Waals surface area contributed by atoms with Crippen molar-refractivity contribution in [1.82, 2.24) is 14.8 Å². The van der Waals surface area contributed by atoms with E-state index in [9.17, 15) is 4.39 Å². The molecule has 1 aromatic heterocycles. The Kier molecular flexibility index (Phi) is 3.20. The molecular weight excluding hydrogens is 273 g/mol. The summed E-state index contributed by atoms with van der Waals surface area (Å²) >= 11 is 5.26. The Hall–Kier alpha value is -2.27. The second kappa shape index (κ2) is 5.02. The molecule has 100 valence electrons. The lowest BCUT2D eigenvalue weighted by Crippen LogP contribution is -1.97. The zero-order valence-electron chi connectivity index (χ0n) is 10.8. The van der Waals surface area contributed by atoms with Crippen LogP contribution in [0.5, 0.6) is 0 Å². The van der Waals surface area contributed by atoms with E-state index in [0.717, 1.165) is 11.3 Å². The quantitative estimate of drug-likeness (QED) is 0.721. The van der Waals surface area contributed by atoms with Crippen LogP contribution < -0.4 is 0 Å². The number of aromatic nitrogens is 3. The van der Waals surface area contributed by atoms with Gasteiger partial charge < -0.3 is 0 Å². The minimum absolute atomic E-state index is 0.277. The number of hydrogen-bond donors (Lipinski definition) is 1. The van der Waals surface area contributed by atoms with Crippen LogP contribution in [0.25, 0.3) is 17.1 Å². The molecule has 0 bridgehead atoms. The predicted octanol–water partition coefficient (Wildman–Crippen LogP) is 4.04. The minimum atomic E-state index is -0.277. The SMILES string of the molecule is Cc1ccc(-c2n[nH]c(=S)n2-c2ccc(F)cc2)cc1. The Labute approximate surface area is 120 Å². The third kappa shape index (κ3) is 2.28. The Morgan fingerprint density at radius 2 is 1.70 bits per heavy atom. The first-order valence-electron chi connectivity index (χ1n) is 6.15. The van der Waals surface area contributed by atoms with Crippen LogP contribution in [0.1, 0.15) is 5.56 Å². The minimum Gasteiger partial charge on any atom is -0.268 e. The van der Waals surface area contributed by atoms with Crippen LogP contribution >= 0.6 is 12.2 Å². The monoisotopic (exact) mass is 285 g/mol. The average molecular weight is 285 g/mol. The number of rotatable bonds is 2. The van der Waals surface area contributed by atoms with Crippen molar-refractivity contribution in [3.8, 4) is 17.1 Å². The maximum Gasteiger partial charge on any atom is 0.200 e. The van der Waals surface area contributed by atoms with Gasteiger partial charge in [0.25, 0.3) is 0 Å². The van der Waals surface area contributed by atoms with Crippen LogP contribution in [-0.2, 0) is 0 Å². The Morgan fingerprint density at radius 1 is 1.05 bits per heavy atom. The van der Waals surface area contributed by atoms with E-state index in [1.165, 1.54) is 17.7 Å². The summed E-state index contributed by atoms with van der Waals surface area (Å²) < 4.78 is 15.3. The van der Waals surface area contributed by atoms with Crippen molar-refractivity contribution in [2.75, 3.05) is 0 Å². The first-order valence-corrected chi connectivity index (χ1v) is 6.56. The highest BCUT2D eigenvalue weighted by atomic mass is 32.1. The van der Waals surface area contributed by atoms with Crippen molar-refractivity contribution in [2.24, 2.45) is 0 Å². The summed E-state index contributed by atoms with van der Waals surface area (Å²) in [5.74, 6) is 0.433. The highest BCUT2D eigenvalue weighted by Gasteiger charge is 2.10. The molecule has 0 aliphatic rings. The highest BCUT2D eigenvalue weighted by Crippen LogP contribution is 2.22. The van der Waals surface area contributed by atoms with Gasteiger partial charge in [-0.3, -0.25) is 9.67 Å². The van der Waals surface area contributed by atoms with Crippen LogP contribution in [0.2, 0.25) is 0 Å². The first-order chi connectivity index (χ1) is 9.65. The van der Waals surface area contributed by atoms with Crippen molar-refractivity contribution in [1.29, 1.82) is 0 Å². The molecule has 3 nitrogen and oxygen atoms in total. The summed E-state index contributed by atoms with van der Waals surface area (Å²) in [5.41, 5.74) is 2.91. The molecule has 0 fully saturated rings. The Balaban J connectivity index is 2.17. The van der Waals surface area contributed by atoms with Gasteiger partial charge in [0, 0.05) is 5.56 Å². The number of benzene rings is 2. The highest BCUT2D eigenvalue weighted by molar-refractivity contribution is 7.71. The molecule has 1 heterocycles. The maximum absolute atomic E-state index is 13.0. The molecule has 0 radical (unpaired) electrons. The van der Waals surface area contributed by atoms with E-state index in [-0.39, 0.29) is 5.82 Å². The average Bonchev–Trinajstić information content (AvgIpc) is 2.83. The molecule has 0 aliphatic heterocycles. The van der Waals surface area contributed by atoms with Gasteiger partial charge in [0.05, 0.1) is 5.69 Å². The Bertz CT molecular complexity index is 785. The lowest BCUT2D eigenvalue weighted by molar-refractivity contribution is 0.627. The summed E-state index contributed by atoms with van der Waals surface area (Å²) in [6.45, 7) is 2.03. The standard InChI is InChI=1S/C15H12FN3S/c1-10-2-4-11(5-3-10)14-17-18-15(20)19(14)13-8-6-12(16)7-9-13/h2-9H,1H3,(H,18,20). The fraction of sp³-hybridized carbons (Fsp3) is 0.0667. The van der Waals surface area contributed by atoms with Gasteiger partial charge in [-0.1, -0.05) is 29.8 Å². The molecule has 0 saturated carbocycles. The molecular formula is C15H12FN3S. The fourth-order valence-corrected chi connectivity index (χ4v) is 2.26. The second-order valence-corrected chi connectivity index (χ2v) is 4.92. The molecule has 5 heteroatoms. The topological polar surface area (TPSA) is 33.6 Å². The van der Waals surface area contributed by atoms with Crippen LogP contribution in [0.3, 0.4) is 0 Å². The van der Waals surface area contributed by atoms with Crippen LogP contribution in [-0.4, -0.2) is 14.8 Å². The Morgan fingerprint density at radius 3 is 2.35 bits per heavy atom. The molecule has 0 spiro atoms. The van der Waals surface area contributed by atoms with E-state index in [0.29, 0.717) is 10.6 Å². The number of H-pyrrole nitrogens is 1. The van der Waals surface area contributed by atoms with Crippen molar-refractivity contribution in [3.05, 3.63) is 64.7 Å². The number of nitrogens with zero attached hydrogens (tertiary/aromatic N) is 2. The van der Waals surface area contributed by atoms with E-state index in [1.54, 1.807) is 16.7 Å². The molecule has 3 aromatic rings. The van der Waals surface area contributed by atoms with Gasteiger partial charge in [-0.25, -0.2) is 4.39 Å². The summed E-state index contributed by atoms with van der Waals surface area (Å²) in [4.78, 5) is 0. The zero-order chi connectivity index (χ0) is 14.1. The molecule has 0 saturated heterocycles. The number of halogens is 1. The molecule has 2 aromatic carbocycles. The molecule has 3 rings (SSSR count). The molecule has 0 atom stereocenters. The van der Waals surface area contributed by atoms with Crippen LogP contribution in [0.15, 0.2) is 48.5 Å². The number of aryl methyl sites for hydroxylation is 1. The van der Waals surface area contributed by atoms with Gasteiger partial charge in [0.15, 0.2) is 10.6 Å². The third-order valence-electron chi connectivity index (χ3n) is 3.07. The van der Waals surface area contributed by atoms with Gasteiger partial charge in [-0.2, -0.15) is 5.10 Å². The third-order valence-corrected chi connectivity index (χ3v) is 3.34. The number of hydrogen-bond acceptors (Lipinski definition) is 2. The van der Waals surface area contributed by atoms with Gasteiger partial charge in [0.1, 0.15) is 5.82 Å². The van der Waals surface area contributed by atoms with Gasteiger partial charge in [0.2, 0.25) is 0 Å². The van der Waals surface area contributed by atoms with Gasteiger partial charge >= 0.3 is 0 Å². The number of nitrogens with one attached hydrogen (secondary N) is 1. The van der Waals surface area contributed by atoms with Crippen molar-refractivity contribution in [2.45, 2.75) is 6.92 Å². The van der Waals surface area contributed by atoms with E-state index in [4.69, 9.17) is 12.2 Å². The van der Waals surface area contributed by atoms with Crippen molar-refractivity contribution in [3.63, 3.8) is 0 Å².